The third-order valence-corrected chi connectivity index (χ3v) is 1.54. The van der Waals surface area contributed by atoms with Crippen molar-refractivity contribution in [3.05, 3.63) is 0 Å². The zero-order valence-electron chi connectivity index (χ0n) is 7.02. The molecule has 0 aliphatic heterocycles. The third kappa shape index (κ3) is 8.40. The molecule has 2 unspecified atom stereocenters. The molecule has 0 fully saturated rings. The fourth-order valence-electron chi connectivity index (χ4n) is 0.497. The van der Waals surface area contributed by atoms with Crippen molar-refractivity contribution < 1.29 is 9.90 Å². The van der Waals surface area contributed by atoms with Gasteiger partial charge in [0.1, 0.15) is 6.04 Å². The first-order chi connectivity index (χ1) is 4.09. The summed E-state index contributed by atoms with van der Waals surface area (Å²) in [7, 11) is 0. The minimum absolute atomic E-state index is 0. The van der Waals surface area contributed by atoms with E-state index in [4.69, 9.17) is 10.8 Å². The van der Waals surface area contributed by atoms with Crippen molar-refractivity contribution in [2.45, 2.75) is 26.3 Å². The first-order valence-corrected chi connectivity index (χ1v) is 3.08. The summed E-state index contributed by atoms with van der Waals surface area (Å²) >= 11 is 0. The maximum atomic E-state index is 10.2. The molecular weight excluding hydrogens is 224 g/mol. The monoisotopic (exact) mass is 239 g/mol. The van der Waals surface area contributed by atoms with Gasteiger partial charge in [0.25, 0.3) is 0 Å². The van der Waals surface area contributed by atoms with Crippen LogP contribution in [0, 0.1) is 5.92 Å². The summed E-state index contributed by atoms with van der Waals surface area (Å²) < 4.78 is 0. The van der Waals surface area contributed by atoms with Gasteiger partial charge in [-0.05, 0) is 5.92 Å². The van der Waals surface area contributed by atoms with Crippen molar-refractivity contribution in [2.24, 2.45) is 11.7 Å². The number of carbonyl (C=O) groups is 1. The standard InChI is InChI=1S/C6H13NO2.3ClH/c1-3-4(2)5(7)6(8)9;;;/h4-5H,3,7H2,1-2H3,(H,8,9);3*1H. The van der Waals surface area contributed by atoms with Crippen LogP contribution in [0.2, 0.25) is 0 Å². The number of carboxylic acid groups (broad SMARTS) is 1. The largest absolute Gasteiger partial charge is 0.480 e. The normalized spacial score (nSPS) is 12.6. The quantitative estimate of drug-likeness (QED) is 0.789. The molecule has 0 aromatic rings. The van der Waals surface area contributed by atoms with Crippen LogP contribution in [0.15, 0.2) is 0 Å². The zero-order valence-corrected chi connectivity index (χ0v) is 9.47. The number of aliphatic carboxylic acids is 1. The molecule has 0 saturated carbocycles. The van der Waals surface area contributed by atoms with E-state index in [1.807, 2.05) is 13.8 Å². The summed E-state index contributed by atoms with van der Waals surface area (Å²) in [4.78, 5) is 10.2. The molecule has 0 radical (unpaired) electrons. The fourth-order valence-corrected chi connectivity index (χ4v) is 0.497. The Morgan fingerprint density at radius 2 is 1.75 bits per heavy atom. The lowest BCUT2D eigenvalue weighted by molar-refractivity contribution is -0.139. The molecule has 0 saturated heterocycles. The molecule has 0 spiro atoms. The van der Waals surface area contributed by atoms with Gasteiger partial charge in [-0.25, -0.2) is 0 Å². The van der Waals surface area contributed by atoms with Crippen LogP contribution in [0.1, 0.15) is 20.3 Å². The molecule has 0 aromatic heterocycles. The fraction of sp³-hybridized carbons (Fsp3) is 0.833. The van der Waals surface area contributed by atoms with Gasteiger partial charge in [-0.3, -0.25) is 4.79 Å². The van der Waals surface area contributed by atoms with Gasteiger partial charge >= 0.3 is 5.97 Å². The van der Waals surface area contributed by atoms with Gasteiger partial charge in [0, 0.05) is 0 Å². The second-order valence-electron chi connectivity index (χ2n) is 2.25. The molecular formula is C6H16Cl3NO2. The SMILES string of the molecule is CCC(C)C(N)C(=O)O.Cl.Cl.Cl. The Hall–Kier alpha value is 0.300. The van der Waals surface area contributed by atoms with E-state index in [1.54, 1.807) is 0 Å². The number of rotatable bonds is 3. The third-order valence-electron chi connectivity index (χ3n) is 1.54. The topological polar surface area (TPSA) is 63.3 Å². The predicted molar refractivity (Wildman–Crippen MR) is 56.8 cm³/mol. The van der Waals surface area contributed by atoms with Gasteiger partial charge < -0.3 is 10.8 Å². The van der Waals surface area contributed by atoms with Crippen LogP contribution in [0.3, 0.4) is 0 Å². The highest BCUT2D eigenvalue weighted by atomic mass is 35.5. The summed E-state index contributed by atoms with van der Waals surface area (Å²) in [6.45, 7) is 3.76. The van der Waals surface area contributed by atoms with Crippen molar-refractivity contribution >= 4 is 43.2 Å². The molecule has 6 heteroatoms. The molecule has 3 N–H and O–H groups in total. The van der Waals surface area contributed by atoms with Gasteiger partial charge in [-0.2, -0.15) is 0 Å². The molecule has 2 atom stereocenters. The van der Waals surface area contributed by atoms with E-state index in [0.29, 0.717) is 0 Å². The van der Waals surface area contributed by atoms with Crippen molar-refractivity contribution in [1.29, 1.82) is 0 Å². The lowest BCUT2D eigenvalue weighted by atomic mass is 10.0. The van der Waals surface area contributed by atoms with Crippen LogP contribution >= 0.6 is 37.2 Å². The Morgan fingerprint density at radius 3 is 1.83 bits per heavy atom. The van der Waals surface area contributed by atoms with E-state index in [0.717, 1.165) is 6.42 Å². The summed E-state index contributed by atoms with van der Waals surface area (Å²) in [6, 6.07) is -0.699. The van der Waals surface area contributed by atoms with Crippen LogP contribution in [-0.2, 0) is 4.79 Å². The minimum atomic E-state index is -0.913. The first-order valence-electron chi connectivity index (χ1n) is 3.08. The summed E-state index contributed by atoms with van der Waals surface area (Å²) in [5.74, 6) is -0.841. The number of nitrogens with two attached hydrogens (primary N) is 1. The number of hydrogen-bond acceptors (Lipinski definition) is 2. The second kappa shape index (κ2) is 11.3. The van der Waals surface area contributed by atoms with E-state index >= 15 is 0 Å². The number of carboxylic acids is 1. The molecule has 0 aliphatic rings. The minimum Gasteiger partial charge on any atom is -0.480 e. The number of hydrogen-bond donors (Lipinski definition) is 2. The molecule has 0 heterocycles. The molecule has 3 nitrogen and oxygen atoms in total. The zero-order chi connectivity index (χ0) is 7.44. The predicted octanol–water partition coefficient (Wildman–Crippen LogP) is 1.71. The van der Waals surface area contributed by atoms with Crippen molar-refractivity contribution in [3.63, 3.8) is 0 Å². The Kier molecular flexibility index (Phi) is 21.5. The van der Waals surface area contributed by atoms with Gasteiger partial charge in [0.15, 0.2) is 0 Å². The second-order valence-corrected chi connectivity index (χ2v) is 2.25. The maximum Gasteiger partial charge on any atom is 0.320 e. The Balaban J connectivity index is -0.000000107. The van der Waals surface area contributed by atoms with Crippen LogP contribution in [0.25, 0.3) is 0 Å². The van der Waals surface area contributed by atoms with Gasteiger partial charge in [-0.15, -0.1) is 37.2 Å². The smallest absolute Gasteiger partial charge is 0.320 e. The Labute approximate surface area is 91.3 Å². The van der Waals surface area contributed by atoms with Gasteiger partial charge in [-0.1, -0.05) is 20.3 Å². The molecule has 0 amide bonds. The highest BCUT2D eigenvalue weighted by Gasteiger charge is 2.17. The molecule has 12 heavy (non-hydrogen) atoms. The van der Waals surface area contributed by atoms with Crippen LogP contribution in [0.5, 0.6) is 0 Å². The average molecular weight is 241 g/mol. The van der Waals surface area contributed by atoms with Crippen molar-refractivity contribution in [1.82, 2.24) is 0 Å². The lowest BCUT2D eigenvalue weighted by Crippen LogP contribution is -2.36. The molecule has 0 bridgehead atoms. The summed E-state index contributed by atoms with van der Waals surface area (Å²) in [5.41, 5.74) is 5.27. The summed E-state index contributed by atoms with van der Waals surface area (Å²) in [6.07, 6.45) is 0.813. The maximum absolute atomic E-state index is 10.2. The Bertz CT molecular complexity index is 113. The van der Waals surface area contributed by atoms with Crippen molar-refractivity contribution in [2.75, 3.05) is 0 Å². The van der Waals surface area contributed by atoms with Crippen LogP contribution in [-0.4, -0.2) is 17.1 Å². The molecule has 0 rings (SSSR count). The van der Waals surface area contributed by atoms with Gasteiger partial charge in [0.2, 0.25) is 0 Å². The van der Waals surface area contributed by atoms with Gasteiger partial charge in [0.05, 0.1) is 0 Å². The highest BCUT2D eigenvalue weighted by molar-refractivity contribution is 5.86. The lowest BCUT2D eigenvalue weighted by Gasteiger charge is -2.11. The highest BCUT2D eigenvalue weighted by Crippen LogP contribution is 2.04. The number of halogens is 3. The molecule has 0 aliphatic carbocycles. The molecule has 0 aromatic carbocycles. The van der Waals surface area contributed by atoms with E-state index in [9.17, 15) is 4.79 Å². The first kappa shape index (κ1) is 22.8. The van der Waals surface area contributed by atoms with E-state index < -0.39 is 12.0 Å². The summed E-state index contributed by atoms with van der Waals surface area (Å²) in [5, 5.41) is 8.36. The van der Waals surface area contributed by atoms with Crippen molar-refractivity contribution in [3.8, 4) is 0 Å². The van der Waals surface area contributed by atoms with E-state index in [2.05, 4.69) is 0 Å². The average Bonchev–Trinajstić information content (AvgIpc) is 1.84. The van der Waals surface area contributed by atoms with E-state index in [1.165, 1.54) is 0 Å². The molecule has 78 valence electrons. The van der Waals surface area contributed by atoms with Crippen LogP contribution < -0.4 is 5.73 Å². The van der Waals surface area contributed by atoms with E-state index in [-0.39, 0.29) is 43.1 Å². The van der Waals surface area contributed by atoms with Crippen LogP contribution in [0.4, 0.5) is 0 Å². The Morgan fingerprint density at radius 1 is 1.42 bits per heavy atom.